The summed E-state index contributed by atoms with van der Waals surface area (Å²) in [4.78, 5) is 29.6. The Morgan fingerprint density at radius 3 is 2.81 bits per heavy atom. The molecule has 5 rings (SSSR count). The second kappa shape index (κ2) is 14.6. The summed E-state index contributed by atoms with van der Waals surface area (Å²) >= 11 is 0. The van der Waals surface area contributed by atoms with E-state index in [-0.39, 0.29) is 18.2 Å². The molecular formula is C32H41N7O3. The van der Waals surface area contributed by atoms with Crippen LogP contribution in [-0.4, -0.2) is 84.4 Å². The Morgan fingerprint density at radius 2 is 2.07 bits per heavy atom. The summed E-state index contributed by atoms with van der Waals surface area (Å²) in [6.45, 7) is 18.5. The quantitative estimate of drug-likeness (QED) is 0.318. The monoisotopic (exact) mass is 571 g/mol. The summed E-state index contributed by atoms with van der Waals surface area (Å²) < 4.78 is 11.7. The van der Waals surface area contributed by atoms with Gasteiger partial charge in [-0.3, -0.25) is 9.69 Å². The van der Waals surface area contributed by atoms with Crippen molar-refractivity contribution in [1.29, 1.82) is 0 Å². The highest BCUT2D eigenvalue weighted by molar-refractivity contribution is 5.94. The molecule has 2 aliphatic heterocycles. The van der Waals surface area contributed by atoms with Gasteiger partial charge in [0.15, 0.2) is 0 Å². The highest BCUT2D eigenvalue weighted by atomic mass is 16.6. The maximum Gasteiger partial charge on any atom is 0.318 e. The molecule has 0 spiro atoms. The van der Waals surface area contributed by atoms with Crippen LogP contribution in [0, 0.1) is 6.57 Å². The maximum absolute atomic E-state index is 11.2. The first-order valence-electron chi connectivity index (χ1n) is 14.4. The third-order valence-electron chi connectivity index (χ3n) is 7.68. The van der Waals surface area contributed by atoms with Gasteiger partial charge in [-0.15, -0.1) is 0 Å². The Kier molecular flexibility index (Phi) is 10.7. The molecule has 2 aliphatic rings. The van der Waals surface area contributed by atoms with Gasteiger partial charge < -0.3 is 29.9 Å². The Labute approximate surface area is 248 Å². The normalized spacial score (nSPS) is 17.3. The van der Waals surface area contributed by atoms with E-state index in [0.717, 1.165) is 43.8 Å². The smallest absolute Gasteiger partial charge is 0.318 e. The van der Waals surface area contributed by atoms with Crippen molar-refractivity contribution < 1.29 is 14.3 Å². The van der Waals surface area contributed by atoms with Crippen LogP contribution in [0.5, 0.6) is 6.01 Å². The van der Waals surface area contributed by atoms with Crippen molar-refractivity contribution >= 4 is 28.2 Å². The molecule has 10 nitrogen and oxygen atoms in total. The van der Waals surface area contributed by atoms with E-state index in [1.165, 1.54) is 22.5 Å². The Hall–Kier alpha value is -4.20. The van der Waals surface area contributed by atoms with Crippen molar-refractivity contribution in [2.45, 2.75) is 45.5 Å². The van der Waals surface area contributed by atoms with Crippen molar-refractivity contribution in [3.63, 3.8) is 0 Å². The van der Waals surface area contributed by atoms with Gasteiger partial charge in [0.2, 0.25) is 12.5 Å². The summed E-state index contributed by atoms with van der Waals surface area (Å²) in [6, 6.07) is 15.2. The minimum atomic E-state index is -0.103. The minimum absolute atomic E-state index is 0.0157. The fraction of sp³-hybridized carbons (Fsp3) is 0.438. The SMILES string of the molecule is CN1CCCO[C@@H]1COc1nc(N)c2c(n1)CN(c1cccc3ccccc13)CC2.[C-]#[N+]CC(C)N(CC)C(=O)C=C. The molecule has 1 saturated heterocycles. The number of benzene rings is 2. The Morgan fingerprint density at radius 1 is 1.29 bits per heavy atom. The van der Waals surface area contributed by atoms with E-state index in [1.54, 1.807) is 4.90 Å². The van der Waals surface area contributed by atoms with Crippen LogP contribution in [0.25, 0.3) is 15.6 Å². The molecule has 1 unspecified atom stereocenters. The van der Waals surface area contributed by atoms with Crippen molar-refractivity contribution in [2.75, 3.05) is 57.1 Å². The lowest BCUT2D eigenvalue weighted by Crippen LogP contribution is -2.43. The van der Waals surface area contributed by atoms with E-state index in [2.05, 4.69) is 68.7 Å². The van der Waals surface area contributed by atoms with Crippen LogP contribution in [0.3, 0.4) is 0 Å². The highest BCUT2D eigenvalue weighted by Gasteiger charge is 2.25. The van der Waals surface area contributed by atoms with Gasteiger partial charge in [0, 0.05) is 36.3 Å². The second-order valence-electron chi connectivity index (χ2n) is 10.5. The molecular weight excluding hydrogens is 530 g/mol. The summed E-state index contributed by atoms with van der Waals surface area (Å²) in [7, 11) is 2.04. The van der Waals surface area contributed by atoms with Crippen molar-refractivity contribution in [3.8, 4) is 6.01 Å². The molecule has 3 heterocycles. The highest BCUT2D eigenvalue weighted by Crippen LogP contribution is 2.32. The predicted octanol–water partition coefficient (Wildman–Crippen LogP) is 4.16. The predicted molar refractivity (Wildman–Crippen MR) is 166 cm³/mol. The molecule has 1 fully saturated rings. The van der Waals surface area contributed by atoms with E-state index in [1.807, 2.05) is 20.9 Å². The molecule has 3 aromatic rings. The van der Waals surface area contributed by atoms with Gasteiger partial charge in [0.1, 0.15) is 24.7 Å². The van der Waals surface area contributed by atoms with Crippen LogP contribution in [0.2, 0.25) is 0 Å². The van der Waals surface area contributed by atoms with Crippen LogP contribution in [0.1, 0.15) is 31.5 Å². The number of nitrogens with two attached hydrogens (primary N) is 1. The summed E-state index contributed by atoms with van der Waals surface area (Å²) in [6.07, 6.45) is 3.06. The van der Waals surface area contributed by atoms with E-state index >= 15 is 0 Å². The molecule has 0 bridgehead atoms. The molecule has 0 radical (unpaired) electrons. The number of likely N-dealkylation sites (N-methyl/N-ethyl adjacent to an activating group) is 2. The molecule has 0 saturated carbocycles. The van der Waals surface area contributed by atoms with E-state index in [4.69, 9.17) is 26.8 Å². The summed E-state index contributed by atoms with van der Waals surface area (Å²) in [5, 5.41) is 2.49. The zero-order valence-corrected chi connectivity index (χ0v) is 24.8. The first-order chi connectivity index (χ1) is 20.4. The third-order valence-corrected chi connectivity index (χ3v) is 7.68. The average molecular weight is 572 g/mol. The topological polar surface area (TPSA) is 101 Å². The molecule has 2 atom stereocenters. The summed E-state index contributed by atoms with van der Waals surface area (Å²) in [5.41, 5.74) is 9.45. The number of anilines is 2. The first-order valence-corrected chi connectivity index (χ1v) is 14.4. The van der Waals surface area contributed by atoms with Crippen LogP contribution < -0.4 is 15.4 Å². The number of carbonyl (C=O) groups excluding carboxylic acids is 1. The van der Waals surface area contributed by atoms with Gasteiger partial charge >= 0.3 is 6.01 Å². The molecule has 2 N–H and O–H groups in total. The molecule has 1 aromatic heterocycles. The van der Waals surface area contributed by atoms with Crippen LogP contribution in [-0.2, 0) is 22.5 Å². The fourth-order valence-electron chi connectivity index (χ4n) is 5.35. The van der Waals surface area contributed by atoms with E-state index in [0.29, 0.717) is 38.1 Å². The number of carbonyl (C=O) groups is 1. The van der Waals surface area contributed by atoms with Gasteiger partial charge in [0.25, 0.3) is 0 Å². The lowest BCUT2D eigenvalue weighted by molar-refractivity contribution is -0.127. The Balaban J connectivity index is 0.000000288. The Bertz CT molecular complexity index is 1420. The number of hydrogen-bond acceptors (Lipinski definition) is 8. The minimum Gasteiger partial charge on any atom is -0.459 e. The van der Waals surface area contributed by atoms with Gasteiger partial charge in [0.05, 0.1) is 18.8 Å². The zero-order valence-electron chi connectivity index (χ0n) is 24.8. The van der Waals surface area contributed by atoms with Crippen LogP contribution in [0.4, 0.5) is 11.5 Å². The molecule has 0 aliphatic carbocycles. The van der Waals surface area contributed by atoms with Gasteiger partial charge in [-0.1, -0.05) is 43.0 Å². The number of hydrogen-bond donors (Lipinski definition) is 1. The second-order valence-corrected chi connectivity index (χ2v) is 10.5. The van der Waals surface area contributed by atoms with Crippen LogP contribution >= 0.6 is 0 Å². The zero-order chi connectivity index (χ0) is 30.1. The van der Waals surface area contributed by atoms with Crippen molar-refractivity contribution in [1.82, 2.24) is 19.8 Å². The summed E-state index contributed by atoms with van der Waals surface area (Å²) in [5.74, 6) is 0.416. The lowest BCUT2D eigenvalue weighted by Gasteiger charge is -2.32. The standard InChI is InChI=1S/C23H27N5O2.C9H14N2O/c1-27-11-5-13-29-21(27)15-30-23-25-19-14-28(12-10-18(19)22(24)26-23)20-9-4-7-16-6-2-3-8-17(16)20;1-5-9(12)11(6-2)8(3)7-10-4/h2-4,6-9,21H,5,10-15H2,1H3,(H2,24,25,26);5,8H,1,6-7H2,2-3H3/t21-;/m1./s1. The van der Waals surface area contributed by atoms with Gasteiger partial charge in [-0.25, -0.2) is 6.57 Å². The maximum atomic E-state index is 11.2. The number of nitrogens with zero attached hydrogens (tertiary/aromatic N) is 6. The number of ether oxygens (including phenoxy) is 2. The molecule has 42 heavy (non-hydrogen) atoms. The molecule has 222 valence electrons. The number of fused-ring (bicyclic) bond motifs is 2. The van der Waals surface area contributed by atoms with Crippen molar-refractivity contribution in [3.05, 3.63) is 77.8 Å². The third kappa shape index (κ3) is 7.35. The van der Waals surface area contributed by atoms with E-state index < -0.39 is 0 Å². The van der Waals surface area contributed by atoms with E-state index in [9.17, 15) is 4.79 Å². The fourth-order valence-corrected chi connectivity index (χ4v) is 5.35. The molecule has 1 amide bonds. The first kappa shape index (κ1) is 30.8. The van der Waals surface area contributed by atoms with Crippen molar-refractivity contribution in [2.24, 2.45) is 0 Å². The number of amides is 1. The van der Waals surface area contributed by atoms with Gasteiger partial charge in [-0.2, -0.15) is 9.97 Å². The number of rotatable bonds is 8. The van der Waals surface area contributed by atoms with Gasteiger partial charge in [-0.05, 0) is 51.3 Å². The largest absolute Gasteiger partial charge is 0.459 e. The lowest BCUT2D eigenvalue weighted by atomic mass is 10.0. The number of nitrogen functional groups attached to an aromatic ring is 1. The molecule has 2 aromatic carbocycles. The number of aromatic nitrogens is 2. The molecule has 10 heteroatoms. The van der Waals surface area contributed by atoms with Crippen LogP contribution in [0.15, 0.2) is 55.1 Å². The average Bonchev–Trinajstić information content (AvgIpc) is 3.01.